The van der Waals surface area contributed by atoms with Crippen LogP contribution in [0.2, 0.25) is 10.0 Å². The first-order valence-electron chi connectivity index (χ1n) is 17.5. The molecule has 0 radical (unpaired) electrons. The van der Waals surface area contributed by atoms with Crippen LogP contribution in [0.4, 0.5) is 9.59 Å². The molecule has 4 unspecified atom stereocenters. The number of fused-ring (bicyclic) bond motifs is 2. The number of hydrogen-bond acceptors (Lipinski definition) is 9. The number of ether oxygens (including phenoxy) is 4. The molecule has 13 heteroatoms. The van der Waals surface area contributed by atoms with E-state index in [1.54, 1.807) is 25.3 Å². The summed E-state index contributed by atoms with van der Waals surface area (Å²) < 4.78 is 21.0. The molecule has 4 heterocycles. The topological polar surface area (TPSA) is 110 Å². The number of benzene rings is 2. The number of methoxy groups -OCH3 is 2. The standard InChI is InChI=1S/C19H27ClN2O3.C11H20N2O2.C8H7ClO2.CH4/c1-19(2,3)25-18(23)22-11-14-9-21(10-15(14)12-22)8-13-5-6-16(20)17(7-13)24-4;1-11(2,3)15-10(14)13-6-8-4-12-5-9(8)7-13;1-11-8-4-6(5-10)2-3-7(8)9;/h5-7,14-15H,8-12H2,1-4H3;8-9,12H,4-7H2,1-3H3;2-5H,1H3;1H4. The quantitative estimate of drug-likeness (QED) is 0.309. The van der Waals surface area contributed by atoms with E-state index in [1.807, 2.05) is 69.5 Å². The Labute approximate surface area is 320 Å². The van der Waals surface area contributed by atoms with Crippen LogP contribution in [0, 0.1) is 23.7 Å². The van der Waals surface area contributed by atoms with Gasteiger partial charge in [-0.1, -0.05) is 36.7 Å². The van der Waals surface area contributed by atoms with Gasteiger partial charge in [0.05, 0.1) is 24.3 Å². The van der Waals surface area contributed by atoms with Crippen molar-refractivity contribution >= 4 is 41.7 Å². The lowest BCUT2D eigenvalue weighted by Gasteiger charge is -2.26. The Morgan fingerprint density at radius 2 is 1.17 bits per heavy atom. The lowest BCUT2D eigenvalue weighted by Crippen LogP contribution is -2.37. The fourth-order valence-electron chi connectivity index (χ4n) is 6.84. The highest BCUT2D eigenvalue weighted by Crippen LogP contribution is 2.34. The normalized spacial score (nSPS) is 22.1. The fourth-order valence-corrected chi connectivity index (χ4v) is 7.23. The lowest BCUT2D eigenvalue weighted by atomic mass is 10.0. The van der Waals surface area contributed by atoms with E-state index in [1.165, 1.54) is 12.7 Å². The van der Waals surface area contributed by atoms with Gasteiger partial charge in [0.15, 0.2) is 0 Å². The zero-order valence-electron chi connectivity index (χ0n) is 31.2. The smallest absolute Gasteiger partial charge is 0.410 e. The number of nitrogens with one attached hydrogen (secondary N) is 1. The Hall–Kier alpha value is -3.25. The first-order valence-corrected chi connectivity index (χ1v) is 18.2. The van der Waals surface area contributed by atoms with Gasteiger partial charge in [-0.05, 0) is 101 Å². The van der Waals surface area contributed by atoms with Crippen LogP contribution in [0.5, 0.6) is 11.5 Å². The molecule has 6 rings (SSSR count). The maximum absolute atomic E-state index is 12.2. The molecule has 1 N–H and O–H groups in total. The van der Waals surface area contributed by atoms with Crippen LogP contribution >= 0.6 is 23.2 Å². The zero-order chi connectivity index (χ0) is 37.5. The van der Waals surface area contributed by atoms with Gasteiger partial charge < -0.3 is 34.1 Å². The number of likely N-dealkylation sites (tertiary alicyclic amines) is 3. The lowest BCUT2D eigenvalue weighted by molar-refractivity contribution is 0.0267. The summed E-state index contributed by atoms with van der Waals surface area (Å²) >= 11 is 11.8. The van der Waals surface area contributed by atoms with Gasteiger partial charge in [-0.15, -0.1) is 0 Å². The largest absolute Gasteiger partial charge is 0.495 e. The van der Waals surface area contributed by atoms with Crippen LogP contribution in [0.1, 0.15) is 64.9 Å². The Morgan fingerprint density at radius 1 is 0.731 bits per heavy atom. The van der Waals surface area contributed by atoms with E-state index in [2.05, 4.69) is 10.2 Å². The highest BCUT2D eigenvalue weighted by atomic mass is 35.5. The van der Waals surface area contributed by atoms with Crippen molar-refractivity contribution in [1.82, 2.24) is 20.0 Å². The summed E-state index contributed by atoms with van der Waals surface area (Å²) in [6, 6.07) is 10.8. The van der Waals surface area contributed by atoms with Crippen LogP contribution in [0.15, 0.2) is 36.4 Å². The third-order valence-corrected chi connectivity index (χ3v) is 9.81. The summed E-state index contributed by atoms with van der Waals surface area (Å²) in [6.45, 7) is 19.7. The molecular weight excluding hydrogens is 707 g/mol. The molecule has 4 aliphatic heterocycles. The molecule has 2 aromatic carbocycles. The van der Waals surface area contributed by atoms with Crippen LogP contribution in [-0.2, 0) is 16.0 Å². The molecule has 4 aliphatic rings. The Balaban J connectivity index is 0.000000230. The number of rotatable bonds is 5. The van der Waals surface area contributed by atoms with Gasteiger partial charge in [0, 0.05) is 64.5 Å². The van der Waals surface area contributed by atoms with E-state index in [4.69, 9.17) is 42.1 Å². The molecule has 4 saturated heterocycles. The molecule has 4 fully saturated rings. The SMILES string of the molecule is C.CC(C)(C)OC(=O)N1CC2CNCC2C1.COc1cc(C=O)ccc1Cl.COc1cc(CN2CC3CN(C(=O)OC(C)(C)C)CC3C2)ccc1Cl. The van der Waals surface area contributed by atoms with Gasteiger partial charge in [0.25, 0.3) is 0 Å². The monoisotopic (exact) mass is 764 g/mol. The van der Waals surface area contributed by atoms with Gasteiger partial charge in [0.2, 0.25) is 0 Å². The van der Waals surface area contributed by atoms with Crippen LogP contribution < -0.4 is 14.8 Å². The van der Waals surface area contributed by atoms with Crippen LogP contribution in [-0.4, -0.2) is 111 Å². The molecule has 0 bridgehead atoms. The Morgan fingerprint density at radius 3 is 1.62 bits per heavy atom. The number of halogens is 2. The summed E-state index contributed by atoms with van der Waals surface area (Å²) in [7, 11) is 3.15. The van der Waals surface area contributed by atoms with Gasteiger partial charge in [-0.25, -0.2) is 9.59 Å². The Bertz CT molecular complexity index is 1490. The summed E-state index contributed by atoms with van der Waals surface area (Å²) in [4.78, 5) is 40.5. The number of aldehydes is 1. The number of carbonyl (C=O) groups is 3. The predicted octanol–water partition coefficient (Wildman–Crippen LogP) is 7.52. The van der Waals surface area contributed by atoms with E-state index < -0.39 is 5.60 Å². The highest BCUT2D eigenvalue weighted by molar-refractivity contribution is 6.32. The average molecular weight is 766 g/mol. The van der Waals surface area contributed by atoms with Crippen LogP contribution in [0.3, 0.4) is 0 Å². The maximum Gasteiger partial charge on any atom is 0.410 e. The van der Waals surface area contributed by atoms with Crippen molar-refractivity contribution in [2.45, 2.75) is 66.7 Å². The molecule has 290 valence electrons. The first-order chi connectivity index (χ1) is 24.0. The van der Waals surface area contributed by atoms with Gasteiger partial charge in [0.1, 0.15) is 29.0 Å². The second kappa shape index (κ2) is 18.7. The van der Waals surface area contributed by atoms with Gasteiger partial charge in [-0.2, -0.15) is 0 Å². The summed E-state index contributed by atoms with van der Waals surface area (Å²) in [6.07, 6.45) is 0.409. The number of nitrogens with zero attached hydrogens (tertiary/aromatic N) is 3. The summed E-state index contributed by atoms with van der Waals surface area (Å²) in [5, 5.41) is 4.50. The highest BCUT2D eigenvalue weighted by Gasteiger charge is 2.43. The van der Waals surface area contributed by atoms with E-state index in [9.17, 15) is 14.4 Å². The van der Waals surface area contributed by atoms with Crippen molar-refractivity contribution in [2.75, 3.05) is 66.6 Å². The van der Waals surface area contributed by atoms with E-state index in [0.717, 1.165) is 70.9 Å². The van der Waals surface area contributed by atoms with Crippen molar-refractivity contribution in [2.24, 2.45) is 23.7 Å². The van der Waals surface area contributed by atoms with Crippen molar-refractivity contribution in [3.05, 3.63) is 57.6 Å². The minimum absolute atomic E-state index is 0. The summed E-state index contributed by atoms with van der Waals surface area (Å²) in [5.41, 5.74) is 0.943. The van der Waals surface area contributed by atoms with Gasteiger partial charge >= 0.3 is 12.2 Å². The van der Waals surface area contributed by atoms with Crippen molar-refractivity contribution in [3.8, 4) is 11.5 Å². The molecule has 0 spiro atoms. The van der Waals surface area contributed by atoms with Gasteiger partial charge in [-0.3, -0.25) is 9.69 Å². The fraction of sp³-hybridized carbons (Fsp3) is 0.615. The van der Waals surface area contributed by atoms with E-state index in [-0.39, 0.29) is 25.2 Å². The van der Waals surface area contributed by atoms with Crippen molar-refractivity contribution in [3.63, 3.8) is 0 Å². The Kier molecular flexibility index (Phi) is 15.5. The van der Waals surface area contributed by atoms with Crippen molar-refractivity contribution < 1.29 is 33.3 Å². The molecule has 2 amide bonds. The molecule has 4 atom stereocenters. The zero-order valence-corrected chi connectivity index (χ0v) is 32.7. The maximum atomic E-state index is 12.2. The third-order valence-electron chi connectivity index (χ3n) is 9.19. The minimum atomic E-state index is -0.436. The molecule has 0 aromatic heterocycles. The van der Waals surface area contributed by atoms with Crippen molar-refractivity contribution in [1.29, 1.82) is 0 Å². The first kappa shape index (κ1) is 43.2. The molecule has 0 aliphatic carbocycles. The minimum Gasteiger partial charge on any atom is -0.495 e. The number of amides is 2. The molecule has 52 heavy (non-hydrogen) atoms. The molecular formula is C39H58Cl2N4O7. The summed E-state index contributed by atoms with van der Waals surface area (Å²) in [5.74, 6) is 3.57. The average Bonchev–Trinajstić information content (AvgIpc) is 3.83. The van der Waals surface area contributed by atoms with Crippen LogP contribution in [0.25, 0.3) is 0 Å². The molecule has 2 aromatic rings. The third kappa shape index (κ3) is 12.4. The number of hydrogen-bond donors (Lipinski definition) is 1. The molecule has 0 saturated carbocycles. The second-order valence-electron chi connectivity index (χ2n) is 15.6. The second-order valence-corrected chi connectivity index (χ2v) is 16.5. The molecule has 11 nitrogen and oxygen atoms in total. The van der Waals surface area contributed by atoms with E-state index in [0.29, 0.717) is 45.0 Å². The predicted molar refractivity (Wildman–Crippen MR) is 206 cm³/mol. The number of carbonyl (C=O) groups excluding carboxylic acids is 3. The van der Waals surface area contributed by atoms with E-state index >= 15 is 0 Å².